The molecule has 1 heterocycles. The summed E-state index contributed by atoms with van der Waals surface area (Å²) >= 11 is 6.65. The molecule has 0 spiro atoms. The van der Waals surface area contributed by atoms with Crippen molar-refractivity contribution in [1.29, 1.82) is 0 Å². The van der Waals surface area contributed by atoms with Crippen molar-refractivity contribution in [3.63, 3.8) is 0 Å². The SMILES string of the molecule is CCCC[Se]C1=C2C(=C(c3ccc(Cl)cc3)C2/C=C/c2ccccc2)COC1. The molecule has 144 valence electrons. The molecule has 2 aliphatic rings. The second-order valence-electron chi connectivity index (χ2n) is 7.18. The van der Waals surface area contributed by atoms with Crippen LogP contribution in [0.4, 0.5) is 0 Å². The van der Waals surface area contributed by atoms with Crippen molar-refractivity contribution in [3.8, 4) is 0 Å². The first-order valence-corrected chi connectivity index (χ1v) is 12.4. The molecule has 0 saturated heterocycles. The Labute approximate surface area is 179 Å². The van der Waals surface area contributed by atoms with E-state index in [1.807, 2.05) is 12.1 Å². The zero-order valence-corrected chi connectivity index (χ0v) is 18.6. The van der Waals surface area contributed by atoms with Crippen LogP contribution in [0.5, 0.6) is 0 Å². The topological polar surface area (TPSA) is 9.23 Å². The Hall–Kier alpha value is -1.57. The van der Waals surface area contributed by atoms with Gasteiger partial charge in [0.1, 0.15) is 0 Å². The second kappa shape index (κ2) is 9.28. The van der Waals surface area contributed by atoms with Gasteiger partial charge >= 0.3 is 180 Å². The van der Waals surface area contributed by atoms with E-state index in [2.05, 4.69) is 61.5 Å². The Balaban J connectivity index is 1.71. The first-order valence-electron chi connectivity index (χ1n) is 9.94. The van der Waals surface area contributed by atoms with Gasteiger partial charge < -0.3 is 0 Å². The monoisotopic (exact) mass is 456 g/mol. The zero-order chi connectivity index (χ0) is 19.3. The van der Waals surface area contributed by atoms with Gasteiger partial charge in [-0.2, -0.15) is 0 Å². The number of fused-ring (bicyclic) bond motifs is 1. The van der Waals surface area contributed by atoms with Crippen molar-refractivity contribution in [3.05, 3.63) is 92.4 Å². The van der Waals surface area contributed by atoms with Crippen molar-refractivity contribution in [1.82, 2.24) is 0 Å². The summed E-state index contributed by atoms with van der Waals surface area (Å²) in [5.74, 6) is 0.360. The fourth-order valence-electron chi connectivity index (χ4n) is 3.81. The van der Waals surface area contributed by atoms with Gasteiger partial charge in [-0.1, -0.05) is 0 Å². The van der Waals surface area contributed by atoms with Gasteiger partial charge in [-0.05, 0) is 0 Å². The molecule has 0 amide bonds. The maximum absolute atomic E-state index is 6.13. The molecule has 0 N–H and O–H groups in total. The zero-order valence-electron chi connectivity index (χ0n) is 16.2. The number of unbranched alkanes of at least 4 members (excludes halogenated alkanes) is 1. The van der Waals surface area contributed by atoms with Crippen LogP contribution in [0.15, 0.2) is 76.3 Å². The van der Waals surface area contributed by atoms with Gasteiger partial charge in [-0.3, -0.25) is 0 Å². The van der Waals surface area contributed by atoms with E-state index in [1.54, 1.807) is 10.0 Å². The van der Waals surface area contributed by atoms with E-state index >= 15 is 0 Å². The van der Waals surface area contributed by atoms with E-state index in [0.29, 0.717) is 20.9 Å². The van der Waals surface area contributed by atoms with Crippen LogP contribution in [-0.4, -0.2) is 28.2 Å². The van der Waals surface area contributed by atoms with Crippen molar-refractivity contribution in [2.24, 2.45) is 5.92 Å². The summed E-state index contributed by atoms with van der Waals surface area (Å²) in [5.41, 5.74) is 6.88. The van der Waals surface area contributed by atoms with Crippen molar-refractivity contribution in [2.75, 3.05) is 13.2 Å². The number of allylic oxidation sites excluding steroid dienone is 2. The third kappa shape index (κ3) is 4.21. The van der Waals surface area contributed by atoms with E-state index in [-0.39, 0.29) is 0 Å². The molecule has 2 aromatic carbocycles. The van der Waals surface area contributed by atoms with E-state index in [0.717, 1.165) is 18.2 Å². The summed E-state index contributed by atoms with van der Waals surface area (Å²) in [4.78, 5) is 0. The number of hydrogen-bond donors (Lipinski definition) is 0. The number of benzene rings is 2. The van der Waals surface area contributed by atoms with E-state index in [1.165, 1.54) is 40.4 Å². The van der Waals surface area contributed by atoms with Gasteiger partial charge in [-0.25, -0.2) is 0 Å². The molecule has 28 heavy (non-hydrogen) atoms. The average Bonchev–Trinajstić information content (AvgIpc) is 2.71. The third-order valence-corrected chi connectivity index (χ3v) is 7.99. The van der Waals surface area contributed by atoms with Crippen molar-refractivity contribution in [2.45, 2.75) is 25.1 Å². The molecule has 0 radical (unpaired) electrons. The minimum atomic E-state index is 0.360. The van der Waals surface area contributed by atoms with Crippen molar-refractivity contribution < 1.29 is 4.74 Å². The summed E-state index contributed by atoms with van der Waals surface area (Å²) in [7, 11) is 0. The minimum absolute atomic E-state index is 0.360. The molecule has 1 aliphatic carbocycles. The molecule has 1 atom stereocenters. The molecule has 0 bridgehead atoms. The summed E-state index contributed by atoms with van der Waals surface area (Å²) in [5, 5.41) is 2.09. The molecule has 4 rings (SSSR count). The van der Waals surface area contributed by atoms with Gasteiger partial charge in [0.2, 0.25) is 0 Å². The first-order chi connectivity index (χ1) is 13.8. The molecule has 1 aliphatic heterocycles. The van der Waals surface area contributed by atoms with Crippen LogP contribution in [0, 0.1) is 5.92 Å². The second-order valence-corrected chi connectivity index (χ2v) is 10.1. The first kappa shape index (κ1) is 19.7. The Bertz CT molecular complexity index is 909. The van der Waals surface area contributed by atoms with Crippen molar-refractivity contribution >= 4 is 38.2 Å². The van der Waals surface area contributed by atoms with Crippen LogP contribution < -0.4 is 0 Å². The Morgan fingerprint density at radius 3 is 2.57 bits per heavy atom. The normalized spacial score (nSPS) is 19.1. The maximum atomic E-state index is 6.13. The predicted octanol–water partition coefficient (Wildman–Crippen LogP) is 6.64. The average molecular weight is 456 g/mol. The summed E-state index contributed by atoms with van der Waals surface area (Å²) in [6.07, 6.45) is 7.21. The molecule has 3 heteroatoms. The number of hydrogen-bond acceptors (Lipinski definition) is 1. The van der Waals surface area contributed by atoms with Gasteiger partial charge in [0.05, 0.1) is 0 Å². The van der Waals surface area contributed by atoms with Gasteiger partial charge in [0.25, 0.3) is 0 Å². The molecule has 0 aromatic heterocycles. The molecule has 1 unspecified atom stereocenters. The standard InChI is InChI=1S/C25H25ClOSe/c1-2-3-15-28-23-17-27-16-22-24(19-10-12-20(26)13-11-19)21(25(22)23)14-9-18-7-5-4-6-8-18/h4-14,21H,2-3,15-17H2,1H3/b14-9+. The fourth-order valence-corrected chi connectivity index (χ4v) is 6.57. The van der Waals surface area contributed by atoms with Gasteiger partial charge in [0.15, 0.2) is 0 Å². The summed E-state index contributed by atoms with van der Waals surface area (Å²) in [6, 6.07) is 18.8. The van der Waals surface area contributed by atoms with Crippen LogP contribution >= 0.6 is 11.6 Å². The van der Waals surface area contributed by atoms with Crippen LogP contribution in [0.25, 0.3) is 11.6 Å². The molecule has 2 aromatic rings. The molecular weight excluding hydrogens is 431 g/mol. The Morgan fingerprint density at radius 1 is 1.04 bits per heavy atom. The predicted molar refractivity (Wildman–Crippen MR) is 121 cm³/mol. The summed E-state index contributed by atoms with van der Waals surface area (Å²) in [6.45, 7) is 3.81. The molecule has 1 nitrogen and oxygen atoms in total. The van der Waals surface area contributed by atoms with Crippen LogP contribution in [0.1, 0.15) is 30.9 Å². The van der Waals surface area contributed by atoms with Gasteiger partial charge in [-0.15, -0.1) is 0 Å². The fraction of sp³-hybridized carbons (Fsp3) is 0.280. The Kier molecular flexibility index (Phi) is 6.54. The number of rotatable bonds is 7. The summed E-state index contributed by atoms with van der Waals surface area (Å²) < 4.78 is 7.54. The molecule has 0 fully saturated rings. The quantitative estimate of drug-likeness (QED) is 0.336. The van der Waals surface area contributed by atoms with Crippen LogP contribution in [-0.2, 0) is 4.74 Å². The van der Waals surface area contributed by atoms with Crippen LogP contribution in [0.3, 0.4) is 0 Å². The van der Waals surface area contributed by atoms with E-state index in [4.69, 9.17) is 16.3 Å². The Morgan fingerprint density at radius 2 is 1.82 bits per heavy atom. The molecule has 0 saturated carbocycles. The molecular formula is C25H25ClOSe. The van der Waals surface area contributed by atoms with E-state index < -0.39 is 0 Å². The third-order valence-electron chi connectivity index (χ3n) is 5.26. The number of halogens is 1. The van der Waals surface area contributed by atoms with E-state index in [9.17, 15) is 0 Å². The van der Waals surface area contributed by atoms with Crippen LogP contribution in [0.2, 0.25) is 10.3 Å². The number of ether oxygens (including phenoxy) is 1. The van der Waals surface area contributed by atoms with Gasteiger partial charge in [0, 0.05) is 0 Å².